The lowest BCUT2D eigenvalue weighted by molar-refractivity contribution is 0.0927. The molecule has 4 nitrogen and oxygen atoms in total. The van der Waals surface area contributed by atoms with E-state index in [0.29, 0.717) is 5.69 Å². The molecule has 1 aliphatic rings. The molecule has 0 bridgehead atoms. The smallest absolute Gasteiger partial charge is 0.270 e. The third-order valence-electron chi connectivity index (χ3n) is 3.01. The highest BCUT2D eigenvalue weighted by Gasteiger charge is 2.43. The molecule has 0 unspecified atom stereocenters. The first-order valence-electron chi connectivity index (χ1n) is 5.51. The van der Waals surface area contributed by atoms with Crippen LogP contribution in [-0.2, 0) is 13.5 Å². The predicted molar refractivity (Wildman–Crippen MR) is 65.8 cm³/mol. The number of halogens is 1. The zero-order valence-electron chi connectivity index (χ0n) is 9.59. The summed E-state index contributed by atoms with van der Waals surface area (Å²) < 4.78 is 1.65. The van der Waals surface area contributed by atoms with Crippen LogP contribution in [0.5, 0.6) is 0 Å². The summed E-state index contributed by atoms with van der Waals surface area (Å²) >= 11 is 3.43. The summed E-state index contributed by atoms with van der Waals surface area (Å²) in [6.07, 6.45) is 2.97. The molecule has 1 fully saturated rings. The highest BCUT2D eigenvalue weighted by molar-refractivity contribution is 9.09. The fraction of sp³-hybridized carbons (Fsp3) is 0.636. The van der Waals surface area contributed by atoms with E-state index >= 15 is 0 Å². The lowest BCUT2D eigenvalue weighted by Gasteiger charge is -2.13. The lowest BCUT2D eigenvalue weighted by Crippen LogP contribution is -2.38. The molecule has 5 heteroatoms. The van der Waals surface area contributed by atoms with Gasteiger partial charge in [0.15, 0.2) is 0 Å². The second-order valence-electron chi connectivity index (χ2n) is 4.37. The number of amides is 1. The number of hydrogen-bond donors (Lipinski definition) is 1. The molecule has 0 saturated heterocycles. The van der Waals surface area contributed by atoms with E-state index in [1.54, 1.807) is 4.68 Å². The number of carbonyl (C=O) groups excluding carboxylic acids is 1. The molecular formula is C11H16BrN3O. The summed E-state index contributed by atoms with van der Waals surface area (Å²) in [5.74, 6) is -0.0216. The Hall–Kier alpha value is -0.840. The normalized spacial score (nSPS) is 17.2. The largest absolute Gasteiger partial charge is 0.344 e. The molecular weight excluding hydrogens is 270 g/mol. The average molecular weight is 286 g/mol. The van der Waals surface area contributed by atoms with Gasteiger partial charge in [-0.3, -0.25) is 9.48 Å². The molecule has 2 rings (SSSR count). The Morgan fingerprint density at radius 2 is 2.38 bits per heavy atom. The molecule has 1 heterocycles. The van der Waals surface area contributed by atoms with Crippen LogP contribution < -0.4 is 5.32 Å². The number of aromatic nitrogens is 2. The van der Waals surface area contributed by atoms with Gasteiger partial charge in [0.2, 0.25) is 0 Å². The zero-order valence-corrected chi connectivity index (χ0v) is 11.2. The first kappa shape index (κ1) is 11.6. The van der Waals surface area contributed by atoms with E-state index in [2.05, 4.69) is 26.3 Å². The Morgan fingerprint density at radius 1 is 1.69 bits per heavy atom. The van der Waals surface area contributed by atoms with Crippen LogP contribution in [0.15, 0.2) is 6.07 Å². The Bertz CT molecular complexity index is 409. The van der Waals surface area contributed by atoms with Gasteiger partial charge in [0.25, 0.3) is 5.91 Å². The summed E-state index contributed by atoms with van der Waals surface area (Å²) in [6, 6.07) is 1.86. The molecule has 0 aliphatic heterocycles. The van der Waals surface area contributed by atoms with E-state index in [9.17, 15) is 4.79 Å². The molecule has 88 valence electrons. The van der Waals surface area contributed by atoms with Crippen molar-refractivity contribution in [2.45, 2.75) is 31.7 Å². The summed E-state index contributed by atoms with van der Waals surface area (Å²) in [5.41, 5.74) is 1.59. The van der Waals surface area contributed by atoms with Crippen molar-refractivity contribution in [1.82, 2.24) is 15.1 Å². The maximum absolute atomic E-state index is 12.0. The van der Waals surface area contributed by atoms with Gasteiger partial charge in [-0.05, 0) is 25.3 Å². The van der Waals surface area contributed by atoms with Crippen LogP contribution in [0, 0.1) is 0 Å². The zero-order chi connectivity index (χ0) is 11.8. The van der Waals surface area contributed by atoms with Crippen LogP contribution >= 0.6 is 15.9 Å². The van der Waals surface area contributed by atoms with Crippen LogP contribution in [0.4, 0.5) is 0 Å². The molecule has 1 N–H and O–H groups in total. The third-order valence-corrected chi connectivity index (χ3v) is 4.09. The Kier molecular flexibility index (Phi) is 3.06. The van der Waals surface area contributed by atoms with Crippen molar-refractivity contribution in [2.24, 2.45) is 7.05 Å². The molecule has 1 saturated carbocycles. The molecule has 16 heavy (non-hydrogen) atoms. The van der Waals surface area contributed by atoms with Crippen molar-refractivity contribution in [3.05, 3.63) is 17.5 Å². The maximum Gasteiger partial charge on any atom is 0.270 e. The molecule has 1 amide bonds. The summed E-state index contributed by atoms with van der Waals surface area (Å²) in [4.78, 5) is 12.0. The highest BCUT2D eigenvalue weighted by atomic mass is 79.9. The monoisotopic (exact) mass is 285 g/mol. The Balaban J connectivity index is 2.11. The molecule has 0 spiro atoms. The van der Waals surface area contributed by atoms with Crippen molar-refractivity contribution < 1.29 is 4.79 Å². The van der Waals surface area contributed by atoms with Crippen LogP contribution in [0.3, 0.4) is 0 Å². The highest BCUT2D eigenvalue weighted by Crippen LogP contribution is 2.37. The maximum atomic E-state index is 12.0. The van der Waals surface area contributed by atoms with Gasteiger partial charge in [-0.1, -0.05) is 22.9 Å². The van der Waals surface area contributed by atoms with E-state index in [-0.39, 0.29) is 11.4 Å². The third kappa shape index (κ3) is 2.14. The van der Waals surface area contributed by atoms with Crippen molar-refractivity contribution in [3.63, 3.8) is 0 Å². The lowest BCUT2D eigenvalue weighted by atomic mass is 10.2. The molecule has 1 aliphatic carbocycles. The van der Waals surface area contributed by atoms with Gasteiger partial charge in [-0.15, -0.1) is 0 Å². The number of hydrogen-bond acceptors (Lipinski definition) is 2. The van der Waals surface area contributed by atoms with Gasteiger partial charge < -0.3 is 5.32 Å². The molecule has 1 aromatic rings. The van der Waals surface area contributed by atoms with Crippen molar-refractivity contribution >= 4 is 21.8 Å². The van der Waals surface area contributed by atoms with Crippen LogP contribution in [-0.4, -0.2) is 26.6 Å². The first-order valence-corrected chi connectivity index (χ1v) is 6.64. The van der Waals surface area contributed by atoms with E-state index < -0.39 is 0 Å². The van der Waals surface area contributed by atoms with Crippen LogP contribution in [0.2, 0.25) is 0 Å². The average Bonchev–Trinajstić information content (AvgIpc) is 2.94. The summed E-state index contributed by atoms with van der Waals surface area (Å²) in [6.45, 7) is 2.03. The van der Waals surface area contributed by atoms with Gasteiger partial charge in [-0.2, -0.15) is 5.10 Å². The van der Waals surface area contributed by atoms with Crippen molar-refractivity contribution in [1.29, 1.82) is 0 Å². The molecule has 0 atom stereocenters. The Labute approximate surface area is 104 Å². The minimum atomic E-state index is -0.0216. The van der Waals surface area contributed by atoms with E-state index in [4.69, 9.17) is 0 Å². The quantitative estimate of drug-likeness (QED) is 0.855. The summed E-state index contributed by atoms with van der Waals surface area (Å²) in [5, 5.41) is 8.16. The Morgan fingerprint density at radius 3 is 2.81 bits per heavy atom. The van der Waals surface area contributed by atoms with Gasteiger partial charge in [0.05, 0.1) is 11.2 Å². The number of rotatable bonds is 4. The topological polar surface area (TPSA) is 46.9 Å². The minimum Gasteiger partial charge on any atom is -0.344 e. The van der Waals surface area contributed by atoms with Gasteiger partial charge in [0, 0.05) is 12.4 Å². The van der Waals surface area contributed by atoms with Gasteiger partial charge in [0.1, 0.15) is 5.69 Å². The number of alkyl halides is 1. The standard InChI is InChI=1S/C11H16BrN3O/c1-3-8-6-9(15(2)14-8)10(16)13-11(7-12)4-5-11/h6H,3-5,7H2,1-2H3,(H,13,16). The number of nitrogens with zero attached hydrogens (tertiary/aromatic N) is 2. The van der Waals surface area contributed by atoms with Crippen LogP contribution in [0.1, 0.15) is 35.9 Å². The van der Waals surface area contributed by atoms with Crippen molar-refractivity contribution in [2.75, 3.05) is 5.33 Å². The van der Waals surface area contributed by atoms with Gasteiger partial charge >= 0.3 is 0 Å². The predicted octanol–water partition coefficient (Wildman–Crippen LogP) is 1.64. The number of aryl methyl sites for hydroxylation is 2. The van der Waals surface area contributed by atoms with Crippen molar-refractivity contribution in [3.8, 4) is 0 Å². The number of nitrogens with one attached hydrogen (secondary N) is 1. The molecule has 0 aromatic carbocycles. The fourth-order valence-corrected chi connectivity index (χ4v) is 2.36. The van der Waals surface area contributed by atoms with E-state index in [0.717, 1.165) is 30.3 Å². The molecule has 1 aromatic heterocycles. The second kappa shape index (κ2) is 4.20. The van der Waals surface area contributed by atoms with E-state index in [1.807, 2.05) is 20.0 Å². The second-order valence-corrected chi connectivity index (χ2v) is 4.93. The summed E-state index contributed by atoms with van der Waals surface area (Å²) in [7, 11) is 1.81. The van der Waals surface area contributed by atoms with Crippen LogP contribution in [0.25, 0.3) is 0 Å². The molecule has 0 radical (unpaired) electrons. The minimum absolute atomic E-state index is 0.00622. The first-order chi connectivity index (χ1) is 7.60. The fourth-order valence-electron chi connectivity index (χ4n) is 1.66. The van der Waals surface area contributed by atoms with Gasteiger partial charge in [-0.25, -0.2) is 0 Å². The van der Waals surface area contributed by atoms with E-state index in [1.165, 1.54) is 0 Å². The number of carbonyl (C=O) groups is 1. The SMILES string of the molecule is CCc1cc(C(=O)NC2(CBr)CC2)n(C)n1.